The smallest absolute Gasteiger partial charge is 0.221 e. The number of amides is 1. The van der Waals surface area contributed by atoms with Crippen LogP contribution in [-0.4, -0.2) is 15.7 Å². The maximum Gasteiger partial charge on any atom is 0.221 e. The Bertz CT molecular complexity index is 896. The molecule has 1 N–H and O–H groups in total. The van der Waals surface area contributed by atoms with Crippen molar-refractivity contribution in [2.45, 2.75) is 53.1 Å². The van der Waals surface area contributed by atoms with Gasteiger partial charge in [-0.25, -0.2) is 0 Å². The van der Waals surface area contributed by atoms with E-state index in [9.17, 15) is 4.79 Å². The Hall–Kier alpha value is -2.82. The first-order chi connectivity index (χ1) is 13.5. The molecule has 3 aromatic rings. The Balaban J connectivity index is 1.68. The molecule has 0 aliphatic rings. The highest BCUT2D eigenvalue weighted by atomic mass is 16.3. The molecule has 0 aliphatic heterocycles. The summed E-state index contributed by atoms with van der Waals surface area (Å²) in [6.45, 7) is 9.37. The summed E-state index contributed by atoms with van der Waals surface area (Å²) in [5, 5.41) is 7.77. The molecule has 0 saturated carbocycles. The number of aromatic nitrogens is 2. The number of carbonyl (C=O) groups is 1. The minimum absolute atomic E-state index is 0.000614. The summed E-state index contributed by atoms with van der Waals surface area (Å²) < 4.78 is 7.62. The van der Waals surface area contributed by atoms with Crippen LogP contribution >= 0.6 is 0 Å². The fraction of sp³-hybridized carbons (Fsp3) is 0.391. The van der Waals surface area contributed by atoms with Gasteiger partial charge in [0.15, 0.2) is 0 Å². The lowest BCUT2D eigenvalue weighted by molar-refractivity contribution is -0.121. The van der Waals surface area contributed by atoms with Gasteiger partial charge < -0.3 is 9.73 Å². The van der Waals surface area contributed by atoms with Gasteiger partial charge in [0.1, 0.15) is 11.8 Å². The molecule has 1 amide bonds. The summed E-state index contributed by atoms with van der Waals surface area (Å²) in [6, 6.07) is 13.3. The lowest BCUT2D eigenvalue weighted by Crippen LogP contribution is -2.29. The normalized spacial score (nSPS) is 12.3. The fourth-order valence-electron chi connectivity index (χ4n) is 3.51. The molecule has 0 aliphatic carbocycles. The first kappa shape index (κ1) is 19.9. The number of nitrogens with zero attached hydrogens (tertiary/aromatic N) is 2. The highest BCUT2D eigenvalue weighted by Crippen LogP contribution is 2.23. The molecule has 2 aromatic heterocycles. The second kappa shape index (κ2) is 8.91. The third-order valence-electron chi connectivity index (χ3n) is 4.94. The molecule has 0 fully saturated rings. The van der Waals surface area contributed by atoms with Crippen molar-refractivity contribution < 1.29 is 9.21 Å². The minimum Gasteiger partial charge on any atom is -0.467 e. The SMILES string of the molecule is Cc1nn(CC(C)C)c(C)c1CCC(=O)NC(c1ccccc1)c1ccco1. The zero-order chi connectivity index (χ0) is 20.1. The second-order valence-electron chi connectivity index (χ2n) is 7.65. The number of carbonyl (C=O) groups excluding carboxylic acids is 1. The lowest BCUT2D eigenvalue weighted by Gasteiger charge is -2.17. The van der Waals surface area contributed by atoms with Gasteiger partial charge in [-0.15, -0.1) is 0 Å². The lowest BCUT2D eigenvalue weighted by atomic mass is 10.0. The van der Waals surface area contributed by atoms with Crippen molar-refractivity contribution in [3.8, 4) is 0 Å². The van der Waals surface area contributed by atoms with Crippen LogP contribution in [0.2, 0.25) is 0 Å². The zero-order valence-corrected chi connectivity index (χ0v) is 17.1. The summed E-state index contributed by atoms with van der Waals surface area (Å²) in [7, 11) is 0. The molecule has 5 heteroatoms. The van der Waals surface area contributed by atoms with E-state index in [0.717, 1.165) is 29.3 Å². The maximum absolute atomic E-state index is 12.7. The van der Waals surface area contributed by atoms with E-state index in [-0.39, 0.29) is 11.9 Å². The van der Waals surface area contributed by atoms with Gasteiger partial charge in [-0.3, -0.25) is 9.48 Å². The van der Waals surface area contributed by atoms with Crippen molar-refractivity contribution >= 4 is 5.91 Å². The van der Waals surface area contributed by atoms with E-state index in [1.807, 2.05) is 49.4 Å². The number of furan rings is 1. The van der Waals surface area contributed by atoms with Gasteiger partial charge in [-0.1, -0.05) is 44.2 Å². The number of benzene rings is 1. The minimum atomic E-state index is -0.283. The van der Waals surface area contributed by atoms with Crippen LogP contribution in [0.15, 0.2) is 53.1 Å². The van der Waals surface area contributed by atoms with Crippen molar-refractivity contribution in [2.24, 2.45) is 5.92 Å². The maximum atomic E-state index is 12.7. The first-order valence-corrected chi connectivity index (χ1v) is 9.86. The topological polar surface area (TPSA) is 60.1 Å². The van der Waals surface area contributed by atoms with Gasteiger partial charge in [-0.05, 0) is 49.4 Å². The molecule has 0 radical (unpaired) electrons. The third-order valence-corrected chi connectivity index (χ3v) is 4.94. The quantitative estimate of drug-likeness (QED) is 0.623. The van der Waals surface area contributed by atoms with E-state index in [1.165, 1.54) is 5.56 Å². The Morgan fingerprint density at radius 3 is 2.54 bits per heavy atom. The van der Waals surface area contributed by atoms with E-state index in [0.29, 0.717) is 18.8 Å². The molecule has 2 heterocycles. The molecular formula is C23H29N3O2. The molecule has 28 heavy (non-hydrogen) atoms. The van der Waals surface area contributed by atoms with E-state index >= 15 is 0 Å². The van der Waals surface area contributed by atoms with Crippen LogP contribution in [0.5, 0.6) is 0 Å². The molecule has 1 atom stereocenters. The van der Waals surface area contributed by atoms with Crippen LogP contribution in [0.1, 0.15) is 54.6 Å². The molecule has 5 nitrogen and oxygen atoms in total. The van der Waals surface area contributed by atoms with Crippen LogP contribution in [0.3, 0.4) is 0 Å². The van der Waals surface area contributed by atoms with Crippen LogP contribution in [0, 0.1) is 19.8 Å². The van der Waals surface area contributed by atoms with Crippen molar-refractivity contribution in [2.75, 3.05) is 0 Å². The summed E-state index contributed by atoms with van der Waals surface area (Å²) in [6.07, 6.45) is 2.73. The van der Waals surface area contributed by atoms with Gasteiger partial charge in [-0.2, -0.15) is 5.10 Å². The van der Waals surface area contributed by atoms with E-state index in [1.54, 1.807) is 6.26 Å². The second-order valence-corrected chi connectivity index (χ2v) is 7.65. The predicted molar refractivity (Wildman–Crippen MR) is 110 cm³/mol. The molecule has 1 aromatic carbocycles. The van der Waals surface area contributed by atoms with Gasteiger partial charge in [0, 0.05) is 18.7 Å². The highest BCUT2D eigenvalue weighted by Gasteiger charge is 2.20. The average molecular weight is 380 g/mol. The fourth-order valence-corrected chi connectivity index (χ4v) is 3.51. The van der Waals surface area contributed by atoms with E-state index in [2.05, 4.69) is 35.9 Å². The average Bonchev–Trinajstić information content (AvgIpc) is 3.28. The van der Waals surface area contributed by atoms with Crippen molar-refractivity contribution in [3.05, 3.63) is 77.0 Å². The Morgan fingerprint density at radius 1 is 1.14 bits per heavy atom. The van der Waals surface area contributed by atoms with Crippen molar-refractivity contribution in [1.29, 1.82) is 0 Å². The van der Waals surface area contributed by atoms with Crippen LogP contribution in [0.4, 0.5) is 0 Å². The van der Waals surface area contributed by atoms with Gasteiger partial charge >= 0.3 is 0 Å². The van der Waals surface area contributed by atoms with E-state index in [4.69, 9.17) is 4.42 Å². The van der Waals surface area contributed by atoms with Crippen LogP contribution in [-0.2, 0) is 17.8 Å². The number of nitrogens with one attached hydrogen (secondary N) is 1. The molecule has 3 rings (SSSR count). The van der Waals surface area contributed by atoms with Gasteiger partial charge in [0.25, 0.3) is 0 Å². The molecule has 0 spiro atoms. The largest absolute Gasteiger partial charge is 0.467 e. The summed E-state index contributed by atoms with van der Waals surface area (Å²) >= 11 is 0. The van der Waals surface area contributed by atoms with Crippen LogP contribution < -0.4 is 5.32 Å². The van der Waals surface area contributed by atoms with Crippen molar-refractivity contribution in [3.63, 3.8) is 0 Å². The molecular weight excluding hydrogens is 350 g/mol. The third kappa shape index (κ3) is 4.71. The molecule has 1 unspecified atom stereocenters. The Labute approximate surface area is 166 Å². The highest BCUT2D eigenvalue weighted by molar-refractivity contribution is 5.77. The number of hydrogen-bond acceptors (Lipinski definition) is 3. The standard InChI is InChI=1S/C23H29N3O2/c1-16(2)15-26-18(4)20(17(3)25-26)12-13-22(27)24-23(21-11-8-14-28-21)19-9-6-5-7-10-19/h5-11,14,16,23H,12-13,15H2,1-4H3,(H,24,27). The molecule has 0 saturated heterocycles. The van der Waals surface area contributed by atoms with Crippen molar-refractivity contribution in [1.82, 2.24) is 15.1 Å². The van der Waals surface area contributed by atoms with Gasteiger partial charge in [0.2, 0.25) is 5.91 Å². The monoisotopic (exact) mass is 379 g/mol. The number of rotatable bonds is 8. The summed E-state index contributed by atoms with van der Waals surface area (Å²) in [5.74, 6) is 1.27. The number of hydrogen-bond donors (Lipinski definition) is 1. The predicted octanol–water partition coefficient (Wildman–Crippen LogP) is 4.59. The molecule has 0 bridgehead atoms. The number of aryl methyl sites for hydroxylation is 1. The molecule has 148 valence electrons. The summed E-state index contributed by atoms with van der Waals surface area (Å²) in [5.41, 5.74) is 4.34. The summed E-state index contributed by atoms with van der Waals surface area (Å²) in [4.78, 5) is 12.7. The van der Waals surface area contributed by atoms with E-state index < -0.39 is 0 Å². The zero-order valence-electron chi connectivity index (χ0n) is 17.1. The first-order valence-electron chi connectivity index (χ1n) is 9.86. The van der Waals surface area contributed by atoms with Crippen LogP contribution in [0.25, 0.3) is 0 Å². The van der Waals surface area contributed by atoms with Gasteiger partial charge in [0.05, 0.1) is 12.0 Å². The Morgan fingerprint density at radius 2 is 1.89 bits per heavy atom. The Kier molecular flexibility index (Phi) is 6.34.